The predicted molar refractivity (Wildman–Crippen MR) is 106 cm³/mol. The molecule has 1 unspecified atom stereocenters. The summed E-state index contributed by atoms with van der Waals surface area (Å²) < 4.78 is 7.52. The van der Waals surface area contributed by atoms with Crippen molar-refractivity contribution >= 4 is 41.5 Å². The van der Waals surface area contributed by atoms with Crippen molar-refractivity contribution in [1.29, 1.82) is 0 Å². The summed E-state index contributed by atoms with van der Waals surface area (Å²) in [5.41, 5.74) is 0. The number of rotatable bonds is 6. The summed E-state index contributed by atoms with van der Waals surface area (Å²) in [7, 11) is 3.57. The fourth-order valence-corrected chi connectivity index (χ4v) is 2.10. The topological polar surface area (TPSA) is 76.4 Å². The molecule has 0 bridgehead atoms. The standard InChI is InChI=1S/C15H21ClN6O.HI/c1-11(23-13-6-4-5-12(16)7-13)8-18-15(17-2)19-9-14-20-10-21-22(14)3;/h4-7,10-11H,8-9H2,1-3H3,(H2,17,18,19);1H. The second-order valence-electron chi connectivity index (χ2n) is 4.99. The maximum Gasteiger partial charge on any atom is 0.191 e. The van der Waals surface area contributed by atoms with Crippen LogP contribution < -0.4 is 15.4 Å². The summed E-state index contributed by atoms with van der Waals surface area (Å²) in [4.78, 5) is 8.32. The highest BCUT2D eigenvalue weighted by atomic mass is 127. The Morgan fingerprint density at radius 2 is 2.21 bits per heavy atom. The maximum absolute atomic E-state index is 5.94. The van der Waals surface area contributed by atoms with E-state index in [1.54, 1.807) is 17.8 Å². The molecule has 1 aromatic carbocycles. The normalized spacial score (nSPS) is 12.2. The quantitative estimate of drug-likeness (QED) is 0.389. The average molecular weight is 465 g/mol. The molecule has 9 heteroatoms. The first-order valence-electron chi connectivity index (χ1n) is 7.28. The zero-order chi connectivity index (χ0) is 16.7. The lowest BCUT2D eigenvalue weighted by Gasteiger charge is -2.17. The first-order valence-corrected chi connectivity index (χ1v) is 7.66. The van der Waals surface area contributed by atoms with E-state index in [4.69, 9.17) is 16.3 Å². The molecule has 0 aliphatic carbocycles. The number of benzene rings is 1. The van der Waals surface area contributed by atoms with Crippen LogP contribution >= 0.6 is 35.6 Å². The first kappa shape index (κ1) is 20.5. The monoisotopic (exact) mass is 464 g/mol. The molecular formula is C15H22ClIN6O. The largest absolute Gasteiger partial charge is 0.489 e. The second kappa shape index (κ2) is 10.3. The van der Waals surface area contributed by atoms with Crippen LogP contribution in [0.1, 0.15) is 12.7 Å². The van der Waals surface area contributed by atoms with Gasteiger partial charge in [0.25, 0.3) is 0 Å². The van der Waals surface area contributed by atoms with Crippen molar-refractivity contribution in [2.75, 3.05) is 13.6 Å². The van der Waals surface area contributed by atoms with E-state index in [1.807, 2.05) is 32.2 Å². The SMILES string of the molecule is CN=C(NCc1ncnn1C)NCC(C)Oc1cccc(Cl)c1.I. The van der Waals surface area contributed by atoms with Crippen molar-refractivity contribution < 1.29 is 4.74 Å². The van der Waals surface area contributed by atoms with Gasteiger partial charge in [0.15, 0.2) is 5.96 Å². The summed E-state index contributed by atoms with van der Waals surface area (Å²) in [6.07, 6.45) is 1.48. The second-order valence-corrected chi connectivity index (χ2v) is 5.43. The molecule has 0 spiro atoms. The highest BCUT2D eigenvalue weighted by Gasteiger charge is 2.07. The first-order chi connectivity index (χ1) is 11.1. The van der Waals surface area contributed by atoms with Gasteiger partial charge in [-0.3, -0.25) is 9.67 Å². The van der Waals surface area contributed by atoms with Gasteiger partial charge in [-0.1, -0.05) is 17.7 Å². The lowest BCUT2D eigenvalue weighted by Crippen LogP contribution is -2.41. The summed E-state index contributed by atoms with van der Waals surface area (Å²) in [6.45, 7) is 3.12. The lowest BCUT2D eigenvalue weighted by molar-refractivity contribution is 0.224. The van der Waals surface area contributed by atoms with Crippen molar-refractivity contribution in [2.45, 2.75) is 19.6 Å². The van der Waals surface area contributed by atoms with E-state index in [2.05, 4.69) is 25.7 Å². The Kier molecular flexibility index (Phi) is 8.83. The van der Waals surface area contributed by atoms with Crippen LogP contribution in [-0.2, 0) is 13.6 Å². The Morgan fingerprint density at radius 1 is 1.42 bits per heavy atom. The fraction of sp³-hybridized carbons (Fsp3) is 0.400. The van der Waals surface area contributed by atoms with Gasteiger partial charge < -0.3 is 15.4 Å². The molecule has 2 aromatic rings. The highest BCUT2D eigenvalue weighted by molar-refractivity contribution is 14.0. The maximum atomic E-state index is 5.94. The van der Waals surface area contributed by atoms with Gasteiger partial charge in [-0.15, -0.1) is 24.0 Å². The summed E-state index contributed by atoms with van der Waals surface area (Å²) in [5.74, 6) is 2.25. The van der Waals surface area contributed by atoms with Gasteiger partial charge in [-0.2, -0.15) is 5.10 Å². The molecule has 0 fully saturated rings. The summed E-state index contributed by atoms with van der Waals surface area (Å²) >= 11 is 5.94. The van der Waals surface area contributed by atoms with Crippen molar-refractivity contribution in [3.63, 3.8) is 0 Å². The van der Waals surface area contributed by atoms with Crippen LogP contribution in [0.15, 0.2) is 35.6 Å². The Balaban J connectivity index is 0.00000288. The summed E-state index contributed by atoms with van der Waals surface area (Å²) in [5, 5.41) is 11.1. The molecule has 0 radical (unpaired) electrons. The van der Waals surface area contributed by atoms with E-state index < -0.39 is 0 Å². The van der Waals surface area contributed by atoms with E-state index in [0.29, 0.717) is 24.1 Å². The number of aryl methyl sites for hydroxylation is 1. The van der Waals surface area contributed by atoms with Crippen LogP contribution in [0, 0.1) is 0 Å². The van der Waals surface area contributed by atoms with Crippen molar-refractivity contribution in [2.24, 2.45) is 12.0 Å². The molecule has 1 aromatic heterocycles. The Hall–Kier alpha value is -1.55. The number of hydrogen-bond acceptors (Lipinski definition) is 4. The molecule has 1 atom stereocenters. The molecule has 0 amide bonds. The van der Waals surface area contributed by atoms with Gasteiger partial charge >= 0.3 is 0 Å². The third-order valence-electron chi connectivity index (χ3n) is 3.13. The van der Waals surface area contributed by atoms with Crippen molar-refractivity contribution in [3.8, 4) is 5.75 Å². The lowest BCUT2D eigenvalue weighted by atomic mass is 10.3. The smallest absolute Gasteiger partial charge is 0.191 e. The number of halogens is 2. The van der Waals surface area contributed by atoms with Crippen LogP contribution in [0.2, 0.25) is 5.02 Å². The minimum absolute atomic E-state index is 0. The number of hydrogen-bond donors (Lipinski definition) is 2. The third kappa shape index (κ3) is 6.52. The number of ether oxygens (including phenoxy) is 1. The van der Waals surface area contributed by atoms with Crippen LogP contribution in [0.4, 0.5) is 0 Å². The summed E-state index contributed by atoms with van der Waals surface area (Å²) in [6, 6.07) is 7.34. The van der Waals surface area contributed by atoms with E-state index in [-0.39, 0.29) is 30.1 Å². The van der Waals surface area contributed by atoms with Gasteiger partial charge in [0.2, 0.25) is 0 Å². The van der Waals surface area contributed by atoms with Crippen LogP contribution in [-0.4, -0.2) is 40.4 Å². The Bertz CT molecular complexity index is 663. The van der Waals surface area contributed by atoms with Crippen LogP contribution in [0.25, 0.3) is 0 Å². The molecule has 0 saturated carbocycles. The van der Waals surface area contributed by atoms with E-state index in [1.165, 1.54) is 6.33 Å². The van der Waals surface area contributed by atoms with E-state index in [9.17, 15) is 0 Å². The molecular weight excluding hydrogens is 443 g/mol. The molecule has 2 N–H and O–H groups in total. The van der Waals surface area contributed by atoms with E-state index in [0.717, 1.165) is 11.6 Å². The molecule has 0 aliphatic rings. The number of nitrogens with one attached hydrogen (secondary N) is 2. The Morgan fingerprint density at radius 3 is 2.83 bits per heavy atom. The van der Waals surface area contributed by atoms with Gasteiger partial charge in [-0.25, -0.2) is 4.98 Å². The van der Waals surface area contributed by atoms with E-state index >= 15 is 0 Å². The number of aliphatic imine (C=N–C) groups is 1. The van der Waals surface area contributed by atoms with Crippen molar-refractivity contribution in [3.05, 3.63) is 41.4 Å². The number of guanidine groups is 1. The van der Waals surface area contributed by atoms with Gasteiger partial charge in [0, 0.05) is 19.1 Å². The number of nitrogens with zero attached hydrogens (tertiary/aromatic N) is 4. The molecule has 7 nitrogen and oxygen atoms in total. The zero-order valence-corrected chi connectivity index (χ0v) is 16.9. The van der Waals surface area contributed by atoms with Gasteiger partial charge in [-0.05, 0) is 25.1 Å². The molecule has 0 aliphatic heterocycles. The molecule has 2 rings (SSSR count). The average Bonchev–Trinajstić information content (AvgIpc) is 2.93. The van der Waals surface area contributed by atoms with Gasteiger partial charge in [0.1, 0.15) is 24.0 Å². The third-order valence-corrected chi connectivity index (χ3v) is 3.37. The van der Waals surface area contributed by atoms with Crippen molar-refractivity contribution in [1.82, 2.24) is 25.4 Å². The minimum Gasteiger partial charge on any atom is -0.489 e. The highest BCUT2D eigenvalue weighted by Crippen LogP contribution is 2.18. The van der Waals surface area contributed by atoms with Crippen LogP contribution in [0.3, 0.4) is 0 Å². The minimum atomic E-state index is -0.0400. The Labute approximate surface area is 163 Å². The molecule has 24 heavy (non-hydrogen) atoms. The fourth-order valence-electron chi connectivity index (χ4n) is 1.92. The number of aromatic nitrogens is 3. The predicted octanol–water partition coefficient (Wildman–Crippen LogP) is 2.22. The molecule has 132 valence electrons. The zero-order valence-electron chi connectivity index (χ0n) is 13.9. The molecule has 1 heterocycles. The molecule has 0 saturated heterocycles. The van der Waals surface area contributed by atoms with Crippen LogP contribution in [0.5, 0.6) is 5.75 Å². The van der Waals surface area contributed by atoms with Gasteiger partial charge in [0.05, 0.1) is 13.1 Å².